The summed E-state index contributed by atoms with van der Waals surface area (Å²) in [5.74, 6) is -0.190. The quantitative estimate of drug-likeness (QED) is 0.762. The Labute approximate surface area is 78.8 Å². The molecule has 2 N–H and O–H groups in total. The van der Waals surface area contributed by atoms with Gasteiger partial charge in [-0.2, -0.15) is 0 Å². The number of hydrogen-bond donors (Lipinski definition) is 1. The summed E-state index contributed by atoms with van der Waals surface area (Å²) < 4.78 is 12.8. The van der Waals surface area contributed by atoms with Crippen molar-refractivity contribution in [1.29, 1.82) is 0 Å². The molecular weight excluding hydrogens is 165 g/mol. The van der Waals surface area contributed by atoms with E-state index >= 15 is 0 Å². The Morgan fingerprint density at radius 3 is 2.69 bits per heavy atom. The van der Waals surface area contributed by atoms with Gasteiger partial charge in [0.05, 0.1) is 0 Å². The van der Waals surface area contributed by atoms with Crippen LogP contribution in [0.25, 0.3) is 0 Å². The van der Waals surface area contributed by atoms with Crippen LogP contribution in [-0.2, 0) is 0 Å². The lowest BCUT2D eigenvalue weighted by Gasteiger charge is -2.13. The van der Waals surface area contributed by atoms with E-state index in [0.717, 1.165) is 24.0 Å². The summed E-state index contributed by atoms with van der Waals surface area (Å²) in [6.45, 7) is 3.99. The molecule has 0 fully saturated rings. The Bertz CT molecular complexity index is 283. The molecule has 0 bridgehead atoms. The molecule has 1 rings (SSSR count). The average molecular weight is 181 g/mol. The van der Waals surface area contributed by atoms with E-state index in [1.54, 1.807) is 6.07 Å². The van der Waals surface area contributed by atoms with E-state index in [4.69, 9.17) is 5.73 Å². The molecule has 0 radical (unpaired) electrons. The van der Waals surface area contributed by atoms with Gasteiger partial charge >= 0.3 is 0 Å². The average Bonchev–Trinajstić information content (AvgIpc) is 2.04. The van der Waals surface area contributed by atoms with E-state index in [-0.39, 0.29) is 11.9 Å². The number of aryl methyl sites for hydroxylation is 1. The van der Waals surface area contributed by atoms with Gasteiger partial charge in [-0.25, -0.2) is 4.39 Å². The topological polar surface area (TPSA) is 26.0 Å². The molecule has 0 saturated carbocycles. The van der Waals surface area contributed by atoms with Crippen molar-refractivity contribution < 1.29 is 4.39 Å². The lowest BCUT2D eigenvalue weighted by molar-refractivity contribution is 0.612. The molecular formula is C11H16FN. The second-order valence-electron chi connectivity index (χ2n) is 3.40. The molecule has 1 atom stereocenters. The van der Waals surface area contributed by atoms with Gasteiger partial charge in [0.25, 0.3) is 0 Å². The molecule has 1 aromatic rings. The minimum Gasteiger partial charge on any atom is -0.324 e. The minimum absolute atomic E-state index is 0.0469. The van der Waals surface area contributed by atoms with Gasteiger partial charge in [0.15, 0.2) is 0 Å². The molecule has 0 spiro atoms. The zero-order valence-corrected chi connectivity index (χ0v) is 8.18. The van der Waals surface area contributed by atoms with Crippen molar-refractivity contribution >= 4 is 0 Å². The lowest BCUT2D eigenvalue weighted by Crippen LogP contribution is -2.11. The maximum atomic E-state index is 12.8. The van der Waals surface area contributed by atoms with Gasteiger partial charge in [-0.1, -0.05) is 19.4 Å². The number of benzene rings is 1. The zero-order valence-electron chi connectivity index (χ0n) is 8.18. The summed E-state index contributed by atoms with van der Waals surface area (Å²) in [4.78, 5) is 0. The largest absolute Gasteiger partial charge is 0.324 e. The number of nitrogens with two attached hydrogens (primary N) is 1. The molecule has 0 aliphatic heterocycles. The molecule has 0 saturated heterocycles. The summed E-state index contributed by atoms with van der Waals surface area (Å²) in [6.07, 6.45) is 2.00. The Balaban J connectivity index is 2.88. The van der Waals surface area contributed by atoms with Crippen LogP contribution in [0.4, 0.5) is 4.39 Å². The molecule has 72 valence electrons. The fraction of sp³-hybridized carbons (Fsp3) is 0.455. The van der Waals surface area contributed by atoms with Gasteiger partial charge < -0.3 is 5.73 Å². The predicted octanol–water partition coefficient (Wildman–Crippen LogP) is 2.93. The van der Waals surface area contributed by atoms with Gasteiger partial charge in [-0.3, -0.25) is 0 Å². The van der Waals surface area contributed by atoms with Gasteiger partial charge in [-0.15, -0.1) is 0 Å². The van der Waals surface area contributed by atoms with Crippen LogP contribution in [0.5, 0.6) is 0 Å². The van der Waals surface area contributed by atoms with Crippen LogP contribution in [0.1, 0.15) is 36.9 Å². The molecule has 1 nitrogen and oxygen atoms in total. The first-order chi connectivity index (χ1) is 6.15. The van der Waals surface area contributed by atoms with Crippen molar-refractivity contribution in [3.8, 4) is 0 Å². The van der Waals surface area contributed by atoms with Crippen LogP contribution in [0.3, 0.4) is 0 Å². The summed E-state index contributed by atoms with van der Waals surface area (Å²) >= 11 is 0. The fourth-order valence-corrected chi connectivity index (χ4v) is 1.52. The number of rotatable bonds is 3. The highest BCUT2D eigenvalue weighted by molar-refractivity contribution is 5.29. The monoisotopic (exact) mass is 181 g/mol. The van der Waals surface area contributed by atoms with E-state index in [9.17, 15) is 4.39 Å². The van der Waals surface area contributed by atoms with Gasteiger partial charge in [0, 0.05) is 6.04 Å². The Morgan fingerprint density at radius 1 is 1.46 bits per heavy atom. The lowest BCUT2D eigenvalue weighted by atomic mass is 9.98. The second kappa shape index (κ2) is 4.38. The third-order valence-electron chi connectivity index (χ3n) is 2.23. The SMILES string of the molecule is CCC[C@@H](N)c1ccc(F)cc1C. The fourth-order valence-electron chi connectivity index (χ4n) is 1.52. The Hall–Kier alpha value is -0.890. The minimum atomic E-state index is -0.190. The summed E-state index contributed by atoms with van der Waals surface area (Å²) in [5, 5.41) is 0. The molecule has 0 aromatic heterocycles. The zero-order chi connectivity index (χ0) is 9.84. The third-order valence-corrected chi connectivity index (χ3v) is 2.23. The predicted molar refractivity (Wildman–Crippen MR) is 53.0 cm³/mol. The van der Waals surface area contributed by atoms with E-state index in [0.29, 0.717) is 0 Å². The molecule has 0 heterocycles. The van der Waals surface area contributed by atoms with Crippen molar-refractivity contribution in [3.05, 3.63) is 35.1 Å². The van der Waals surface area contributed by atoms with Crippen LogP contribution in [0, 0.1) is 12.7 Å². The molecule has 0 unspecified atom stereocenters. The highest BCUT2D eigenvalue weighted by Crippen LogP contribution is 2.20. The maximum Gasteiger partial charge on any atom is 0.123 e. The summed E-state index contributed by atoms with van der Waals surface area (Å²) in [7, 11) is 0. The third kappa shape index (κ3) is 2.52. The van der Waals surface area contributed by atoms with Gasteiger partial charge in [0.2, 0.25) is 0 Å². The summed E-state index contributed by atoms with van der Waals surface area (Å²) in [5.41, 5.74) is 7.94. The Kier molecular flexibility index (Phi) is 3.43. The Morgan fingerprint density at radius 2 is 2.15 bits per heavy atom. The highest BCUT2D eigenvalue weighted by atomic mass is 19.1. The highest BCUT2D eigenvalue weighted by Gasteiger charge is 2.07. The van der Waals surface area contributed by atoms with Crippen LogP contribution in [0.2, 0.25) is 0 Å². The van der Waals surface area contributed by atoms with Crippen molar-refractivity contribution in [2.75, 3.05) is 0 Å². The van der Waals surface area contributed by atoms with Crippen LogP contribution < -0.4 is 5.73 Å². The van der Waals surface area contributed by atoms with E-state index in [1.165, 1.54) is 12.1 Å². The van der Waals surface area contributed by atoms with Crippen molar-refractivity contribution in [1.82, 2.24) is 0 Å². The van der Waals surface area contributed by atoms with Crippen LogP contribution in [-0.4, -0.2) is 0 Å². The standard InChI is InChI=1S/C11H16FN/c1-3-4-11(13)10-6-5-9(12)7-8(10)2/h5-7,11H,3-4,13H2,1-2H3/t11-/m1/s1. The maximum absolute atomic E-state index is 12.8. The molecule has 0 aliphatic carbocycles. The van der Waals surface area contributed by atoms with Gasteiger partial charge in [-0.05, 0) is 36.6 Å². The van der Waals surface area contributed by atoms with Crippen molar-refractivity contribution in [3.63, 3.8) is 0 Å². The van der Waals surface area contributed by atoms with E-state index in [2.05, 4.69) is 6.92 Å². The number of halogens is 1. The normalized spacial score (nSPS) is 12.9. The van der Waals surface area contributed by atoms with Crippen LogP contribution >= 0.6 is 0 Å². The summed E-state index contributed by atoms with van der Waals surface area (Å²) in [6, 6.07) is 4.83. The first-order valence-electron chi connectivity index (χ1n) is 4.66. The molecule has 0 aliphatic rings. The molecule has 1 aromatic carbocycles. The van der Waals surface area contributed by atoms with Crippen LogP contribution in [0.15, 0.2) is 18.2 Å². The van der Waals surface area contributed by atoms with E-state index < -0.39 is 0 Å². The first kappa shape index (κ1) is 10.2. The smallest absolute Gasteiger partial charge is 0.123 e. The molecule has 13 heavy (non-hydrogen) atoms. The molecule has 2 heteroatoms. The second-order valence-corrected chi connectivity index (χ2v) is 3.40. The number of hydrogen-bond acceptors (Lipinski definition) is 1. The first-order valence-corrected chi connectivity index (χ1v) is 4.66. The van der Waals surface area contributed by atoms with Crippen molar-refractivity contribution in [2.24, 2.45) is 5.73 Å². The van der Waals surface area contributed by atoms with Gasteiger partial charge in [0.1, 0.15) is 5.82 Å². The molecule has 0 amide bonds. The van der Waals surface area contributed by atoms with Crippen molar-refractivity contribution in [2.45, 2.75) is 32.7 Å². The van der Waals surface area contributed by atoms with E-state index in [1.807, 2.05) is 6.92 Å².